The summed E-state index contributed by atoms with van der Waals surface area (Å²) in [5.41, 5.74) is 2.05. The molecule has 0 radical (unpaired) electrons. The van der Waals surface area contributed by atoms with Crippen molar-refractivity contribution in [1.29, 1.82) is 0 Å². The summed E-state index contributed by atoms with van der Waals surface area (Å²) in [5, 5.41) is 0.546. The smallest absolute Gasteiger partial charge is 0.325 e. The molecule has 2 saturated carbocycles. The summed E-state index contributed by atoms with van der Waals surface area (Å²) >= 11 is 6.13. The van der Waals surface area contributed by atoms with Crippen LogP contribution in [0.5, 0.6) is 5.75 Å². The number of carbonyl (C=O) groups is 3. The van der Waals surface area contributed by atoms with E-state index >= 15 is 0 Å². The molecular formula is C37H49ClN4O5. The molecule has 2 aliphatic carbocycles. The predicted molar refractivity (Wildman–Crippen MR) is 185 cm³/mol. The molecule has 0 atom stereocenters. The van der Waals surface area contributed by atoms with Crippen LogP contribution in [0.15, 0.2) is 47.5 Å². The lowest BCUT2D eigenvalue weighted by Gasteiger charge is -2.42. The van der Waals surface area contributed by atoms with Gasteiger partial charge in [0.15, 0.2) is 0 Å². The van der Waals surface area contributed by atoms with Crippen molar-refractivity contribution in [1.82, 2.24) is 9.80 Å². The van der Waals surface area contributed by atoms with Crippen molar-refractivity contribution in [2.75, 3.05) is 18.1 Å². The number of nitrogens with zero attached hydrogens (tertiary/aromatic N) is 4. The number of ether oxygens (including phenoxy) is 2. The second kappa shape index (κ2) is 16.5. The van der Waals surface area contributed by atoms with Crippen molar-refractivity contribution < 1.29 is 23.9 Å². The van der Waals surface area contributed by atoms with Crippen LogP contribution < -0.4 is 9.64 Å². The molecule has 0 bridgehead atoms. The monoisotopic (exact) mass is 664 g/mol. The van der Waals surface area contributed by atoms with E-state index in [-0.39, 0.29) is 31.0 Å². The van der Waals surface area contributed by atoms with Crippen molar-refractivity contribution in [2.24, 2.45) is 4.99 Å². The maximum atomic E-state index is 13.7. The second-order valence-corrected chi connectivity index (χ2v) is 13.7. The summed E-state index contributed by atoms with van der Waals surface area (Å²) in [7, 11) is 0. The summed E-state index contributed by atoms with van der Waals surface area (Å²) in [6.45, 7) is 5.63. The van der Waals surface area contributed by atoms with Gasteiger partial charge in [-0.1, -0.05) is 56.2 Å². The number of carbonyl (C=O) groups excluding carboxylic acids is 3. The highest BCUT2D eigenvalue weighted by molar-refractivity contribution is 6.30. The second-order valence-electron chi connectivity index (χ2n) is 13.2. The SMILES string of the molecule is CC(=O)N(C1=Nc2cccc(OCCCC(=O)N(C3CCCCC3)C3CCCCC3)c2CN1CC(=O)OC(C)C)c1ccc(Cl)cc1. The molecule has 9 nitrogen and oxygen atoms in total. The Hall–Kier alpha value is -3.59. The van der Waals surface area contributed by atoms with Gasteiger partial charge in [-0.3, -0.25) is 19.3 Å². The predicted octanol–water partition coefficient (Wildman–Crippen LogP) is 7.80. The van der Waals surface area contributed by atoms with Crippen molar-refractivity contribution in [3.05, 3.63) is 53.1 Å². The first-order valence-corrected chi connectivity index (χ1v) is 17.7. The lowest BCUT2D eigenvalue weighted by molar-refractivity contribution is -0.148. The molecule has 5 rings (SSSR count). The molecule has 2 aromatic rings. The number of halogens is 1. The van der Waals surface area contributed by atoms with E-state index in [1.807, 2.05) is 18.2 Å². The Bertz CT molecular complexity index is 1400. The zero-order valence-corrected chi connectivity index (χ0v) is 28.8. The fourth-order valence-electron chi connectivity index (χ4n) is 7.15. The average Bonchev–Trinajstić information content (AvgIpc) is 3.05. The maximum Gasteiger partial charge on any atom is 0.325 e. The minimum Gasteiger partial charge on any atom is -0.493 e. The number of anilines is 1. The molecule has 2 amide bonds. The first kappa shape index (κ1) is 34.7. The van der Waals surface area contributed by atoms with Crippen molar-refractivity contribution >= 4 is 46.7 Å². The van der Waals surface area contributed by atoms with Crippen LogP contribution in [0.25, 0.3) is 0 Å². The van der Waals surface area contributed by atoms with E-state index < -0.39 is 5.97 Å². The average molecular weight is 665 g/mol. The third-order valence-corrected chi connectivity index (χ3v) is 9.52. The van der Waals surface area contributed by atoms with Crippen LogP contribution in [0.3, 0.4) is 0 Å². The standard InChI is InChI=1S/C37H49ClN4O5/c1-26(2)47-36(45)25-40-24-32-33(39-37(40)41(27(3)43)31-21-19-28(38)20-22-31)16-10-17-34(32)46-23-11-18-35(44)42(29-12-6-4-7-13-29)30-14-8-5-9-15-30/h10,16-17,19-22,26,29-30H,4-9,11-15,18,23-25H2,1-3H3. The molecule has 1 aliphatic heterocycles. The number of fused-ring (bicyclic) bond motifs is 1. The Balaban J connectivity index is 1.32. The van der Waals surface area contributed by atoms with Gasteiger partial charge in [0, 0.05) is 36.0 Å². The molecule has 0 unspecified atom stereocenters. The van der Waals surface area contributed by atoms with E-state index in [1.54, 1.807) is 43.0 Å². The van der Waals surface area contributed by atoms with Gasteiger partial charge in [0.2, 0.25) is 17.8 Å². The molecule has 3 aliphatic rings. The number of hydrogen-bond acceptors (Lipinski definition) is 7. The number of guanidine groups is 1. The van der Waals surface area contributed by atoms with Crippen LogP contribution in [0.2, 0.25) is 5.02 Å². The van der Waals surface area contributed by atoms with Crippen molar-refractivity contribution in [3.8, 4) is 5.75 Å². The van der Waals surface area contributed by atoms with E-state index in [4.69, 9.17) is 26.1 Å². The van der Waals surface area contributed by atoms with Crippen LogP contribution in [0, 0.1) is 0 Å². The van der Waals surface area contributed by atoms with Gasteiger partial charge in [-0.25, -0.2) is 4.99 Å². The first-order chi connectivity index (χ1) is 22.7. The van der Waals surface area contributed by atoms with Crippen molar-refractivity contribution in [3.63, 3.8) is 0 Å². The van der Waals surface area contributed by atoms with Crippen molar-refractivity contribution in [2.45, 2.75) is 123 Å². The highest BCUT2D eigenvalue weighted by Gasteiger charge is 2.33. The van der Waals surface area contributed by atoms with Gasteiger partial charge in [0.1, 0.15) is 12.3 Å². The maximum absolute atomic E-state index is 13.7. The summed E-state index contributed by atoms with van der Waals surface area (Å²) in [4.78, 5) is 49.9. The largest absolute Gasteiger partial charge is 0.493 e. The van der Waals surface area contributed by atoms with Gasteiger partial charge < -0.3 is 19.3 Å². The molecular weight excluding hydrogens is 616 g/mol. The van der Waals surface area contributed by atoms with Gasteiger partial charge >= 0.3 is 5.97 Å². The summed E-state index contributed by atoms with van der Waals surface area (Å²) in [6, 6.07) is 13.3. The molecule has 2 fully saturated rings. The van der Waals surface area contributed by atoms with Crippen LogP contribution in [0.4, 0.5) is 11.4 Å². The fraction of sp³-hybridized carbons (Fsp3) is 0.568. The van der Waals surface area contributed by atoms with Crippen LogP contribution in [-0.2, 0) is 25.7 Å². The summed E-state index contributed by atoms with van der Waals surface area (Å²) in [6.07, 6.45) is 12.7. The molecule has 254 valence electrons. The molecule has 10 heteroatoms. The zero-order chi connectivity index (χ0) is 33.3. The Morgan fingerprint density at radius 1 is 0.936 bits per heavy atom. The normalized spacial score (nSPS) is 17.1. The summed E-state index contributed by atoms with van der Waals surface area (Å²) < 4.78 is 11.8. The van der Waals surface area contributed by atoms with Crippen LogP contribution in [-0.4, -0.2) is 64.9 Å². The third-order valence-electron chi connectivity index (χ3n) is 9.26. The molecule has 1 heterocycles. The van der Waals surface area contributed by atoms with Gasteiger partial charge in [-0.2, -0.15) is 0 Å². The number of rotatable bonds is 11. The van der Waals surface area contributed by atoms with Gasteiger partial charge in [-0.15, -0.1) is 0 Å². The van der Waals surface area contributed by atoms with Crippen LogP contribution in [0.1, 0.15) is 103 Å². The number of hydrogen-bond donors (Lipinski definition) is 0. The number of amides is 2. The highest BCUT2D eigenvalue weighted by atomic mass is 35.5. The fourth-order valence-corrected chi connectivity index (χ4v) is 7.28. The minimum absolute atomic E-state index is 0.102. The van der Waals surface area contributed by atoms with Crippen LogP contribution >= 0.6 is 11.6 Å². The molecule has 0 spiro atoms. The highest BCUT2D eigenvalue weighted by Crippen LogP contribution is 2.36. The number of aliphatic imine (C=N–C) groups is 1. The molecule has 0 N–H and O–H groups in total. The molecule has 2 aromatic carbocycles. The first-order valence-electron chi connectivity index (χ1n) is 17.4. The number of esters is 1. The van der Waals surface area contributed by atoms with Gasteiger partial charge in [0.25, 0.3) is 0 Å². The lowest BCUT2D eigenvalue weighted by atomic mass is 9.88. The lowest BCUT2D eigenvalue weighted by Crippen LogP contribution is -2.49. The Labute approximate surface area is 284 Å². The molecule has 47 heavy (non-hydrogen) atoms. The third kappa shape index (κ3) is 9.06. The van der Waals surface area contributed by atoms with Gasteiger partial charge in [0.05, 0.1) is 30.6 Å². The van der Waals surface area contributed by atoms with E-state index in [0.29, 0.717) is 59.6 Å². The quantitative estimate of drug-likeness (QED) is 0.180. The molecule has 0 aromatic heterocycles. The Kier molecular flexibility index (Phi) is 12.2. The van der Waals surface area contributed by atoms with E-state index in [9.17, 15) is 14.4 Å². The Morgan fingerprint density at radius 3 is 2.17 bits per heavy atom. The minimum atomic E-state index is -0.423. The number of benzene rings is 2. The van der Waals surface area contributed by atoms with Gasteiger partial charge in [-0.05, 0) is 82.3 Å². The van der Waals surface area contributed by atoms with E-state index in [1.165, 1.54) is 50.3 Å². The summed E-state index contributed by atoms with van der Waals surface area (Å²) in [5.74, 6) is 0.550. The molecule has 0 saturated heterocycles. The topological polar surface area (TPSA) is 91.8 Å². The Morgan fingerprint density at radius 2 is 1.57 bits per heavy atom. The zero-order valence-electron chi connectivity index (χ0n) is 28.1. The van der Waals surface area contributed by atoms with E-state index in [2.05, 4.69) is 4.90 Å². The van der Waals surface area contributed by atoms with E-state index in [0.717, 1.165) is 31.2 Å².